The van der Waals surface area contributed by atoms with Gasteiger partial charge in [0.05, 0.1) is 11.2 Å². The molecule has 1 aliphatic carbocycles. The Balaban J connectivity index is 1.17. The molecule has 1 aromatic carbocycles. The van der Waals surface area contributed by atoms with Gasteiger partial charge in [-0.25, -0.2) is 19.9 Å². The molecule has 1 spiro atoms. The zero-order valence-corrected chi connectivity index (χ0v) is 20.7. The highest BCUT2D eigenvalue weighted by Crippen LogP contribution is 2.47. The van der Waals surface area contributed by atoms with Gasteiger partial charge in [0.25, 0.3) is 0 Å². The van der Waals surface area contributed by atoms with E-state index in [0.29, 0.717) is 21.9 Å². The number of nitrogens with two attached hydrogens (primary N) is 1. The van der Waals surface area contributed by atoms with E-state index >= 15 is 0 Å². The van der Waals surface area contributed by atoms with Crippen LogP contribution in [-0.2, 0) is 12.8 Å². The summed E-state index contributed by atoms with van der Waals surface area (Å²) in [6.45, 7) is 1.93. The van der Waals surface area contributed by atoms with E-state index in [1.165, 1.54) is 22.9 Å². The third-order valence-electron chi connectivity index (χ3n) is 6.94. The molecule has 34 heavy (non-hydrogen) atoms. The van der Waals surface area contributed by atoms with Crippen LogP contribution in [0.4, 0.5) is 11.6 Å². The molecule has 6 rings (SSSR count). The molecule has 9 heteroatoms. The second-order valence-corrected chi connectivity index (χ2v) is 10.9. The fraction of sp³-hybridized carbons (Fsp3) is 0.280. The fourth-order valence-corrected chi connectivity index (χ4v) is 6.40. The number of aromatic nitrogens is 4. The van der Waals surface area contributed by atoms with Gasteiger partial charge in [0.1, 0.15) is 22.2 Å². The van der Waals surface area contributed by atoms with Crippen molar-refractivity contribution in [2.75, 3.05) is 23.7 Å². The predicted molar refractivity (Wildman–Crippen MR) is 138 cm³/mol. The summed E-state index contributed by atoms with van der Waals surface area (Å²) in [5.41, 5.74) is 10.3. The first-order chi connectivity index (χ1) is 16.5. The fourth-order valence-electron chi connectivity index (χ4n) is 5.09. The van der Waals surface area contributed by atoms with E-state index in [0.717, 1.165) is 65.1 Å². The monoisotopic (exact) mass is 508 g/mol. The van der Waals surface area contributed by atoms with Crippen molar-refractivity contribution in [1.82, 2.24) is 19.9 Å². The summed E-state index contributed by atoms with van der Waals surface area (Å²) in [5.74, 6) is 1.22. The molecule has 0 radical (unpaired) electrons. The Labute approximate surface area is 211 Å². The molecule has 1 aliphatic heterocycles. The molecule has 4 aromatic rings. The van der Waals surface area contributed by atoms with Crippen LogP contribution in [0.3, 0.4) is 0 Å². The van der Waals surface area contributed by atoms with Crippen LogP contribution < -0.4 is 10.6 Å². The van der Waals surface area contributed by atoms with Crippen molar-refractivity contribution in [3.05, 3.63) is 70.0 Å². The molecule has 3 aromatic heterocycles. The summed E-state index contributed by atoms with van der Waals surface area (Å²) in [6, 6.07) is 12.0. The van der Waals surface area contributed by atoms with Crippen molar-refractivity contribution in [1.29, 1.82) is 0 Å². The molecular formula is C25H22Cl2N6S. The van der Waals surface area contributed by atoms with E-state index in [2.05, 4.69) is 32.0 Å². The zero-order valence-electron chi connectivity index (χ0n) is 18.3. The van der Waals surface area contributed by atoms with Crippen molar-refractivity contribution >= 4 is 57.8 Å². The van der Waals surface area contributed by atoms with Crippen LogP contribution in [0.25, 0.3) is 11.2 Å². The van der Waals surface area contributed by atoms with Gasteiger partial charge in [-0.3, -0.25) is 0 Å². The molecule has 4 heterocycles. The third kappa shape index (κ3) is 3.96. The van der Waals surface area contributed by atoms with Gasteiger partial charge < -0.3 is 10.6 Å². The molecule has 0 unspecified atom stereocenters. The van der Waals surface area contributed by atoms with E-state index in [-0.39, 0.29) is 0 Å². The van der Waals surface area contributed by atoms with Crippen molar-refractivity contribution in [3.63, 3.8) is 0 Å². The molecule has 2 N–H and O–H groups in total. The Bertz CT molecular complexity index is 1400. The SMILES string of the molecule is Nc1nccc(Sc2ccc3nc(N4CCC5(CC4)Cc4cccc(Cl)c4C5)cnc3n2)c1Cl. The van der Waals surface area contributed by atoms with E-state index in [9.17, 15) is 0 Å². The Morgan fingerprint density at radius 3 is 2.65 bits per heavy atom. The maximum absolute atomic E-state index is 6.47. The smallest absolute Gasteiger partial charge is 0.179 e. The van der Waals surface area contributed by atoms with Crippen LogP contribution in [0.5, 0.6) is 0 Å². The molecular weight excluding hydrogens is 487 g/mol. The number of hydrogen-bond donors (Lipinski definition) is 1. The van der Waals surface area contributed by atoms with Gasteiger partial charge in [-0.1, -0.05) is 47.1 Å². The average Bonchev–Trinajstić information content (AvgIpc) is 3.21. The van der Waals surface area contributed by atoms with Gasteiger partial charge in [0, 0.05) is 29.2 Å². The largest absolute Gasteiger partial charge is 0.382 e. The third-order valence-corrected chi connectivity index (χ3v) is 8.80. The quantitative estimate of drug-likeness (QED) is 0.371. The summed E-state index contributed by atoms with van der Waals surface area (Å²) in [5, 5.41) is 2.13. The minimum Gasteiger partial charge on any atom is -0.382 e. The highest BCUT2D eigenvalue weighted by atomic mass is 35.5. The Morgan fingerprint density at radius 2 is 1.82 bits per heavy atom. The van der Waals surface area contributed by atoms with Gasteiger partial charge in [-0.15, -0.1) is 0 Å². The number of piperidine rings is 1. The number of pyridine rings is 2. The van der Waals surface area contributed by atoms with Crippen LogP contribution in [-0.4, -0.2) is 33.0 Å². The normalized spacial score (nSPS) is 16.8. The molecule has 0 amide bonds. The summed E-state index contributed by atoms with van der Waals surface area (Å²) in [7, 11) is 0. The number of fused-ring (bicyclic) bond motifs is 2. The van der Waals surface area contributed by atoms with E-state index in [1.807, 2.05) is 30.5 Å². The molecule has 6 nitrogen and oxygen atoms in total. The lowest BCUT2D eigenvalue weighted by atomic mass is 9.76. The van der Waals surface area contributed by atoms with Crippen molar-refractivity contribution in [3.8, 4) is 0 Å². The summed E-state index contributed by atoms with van der Waals surface area (Å²) >= 11 is 14.2. The van der Waals surface area contributed by atoms with E-state index in [4.69, 9.17) is 33.9 Å². The number of hydrogen-bond acceptors (Lipinski definition) is 7. The highest BCUT2D eigenvalue weighted by molar-refractivity contribution is 7.99. The Kier molecular flexibility index (Phi) is 5.51. The van der Waals surface area contributed by atoms with Gasteiger partial charge in [0.2, 0.25) is 0 Å². The lowest BCUT2D eigenvalue weighted by Gasteiger charge is -2.39. The van der Waals surface area contributed by atoms with Gasteiger partial charge >= 0.3 is 0 Å². The minimum absolute atomic E-state index is 0.310. The van der Waals surface area contributed by atoms with Crippen LogP contribution in [0.1, 0.15) is 24.0 Å². The van der Waals surface area contributed by atoms with Gasteiger partial charge in [-0.05, 0) is 66.5 Å². The summed E-state index contributed by atoms with van der Waals surface area (Å²) < 4.78 is 0. The van der Waals surface area contributed by atoms with Gasteiger partial charge in [-0.2, -0.15) is 0 Å². The molecule has 0 saturated carbocycles. The molecule has 1 fully saturated rings. The summed E-state index contributed by atoms with van der Waals surface area (Å²) in [4.78, 5) is 21.3. The maximum atomic E-state index is 6.47. The van der Waals surface area contributed by atoms with E-state index in [1.54, 1.807) is 6.20 Å². The number of benzene rings is 1. The molecule has 2 aliphatic rings. The van der Waals surface area contributed by atoms with E-state index < -0.39 is 0 Å². The van der Waals surface area contributed by atoms with Gasteiger partial charge in [0.15, 0.2) is 5.65 Å². The van der Waals surface area contributed by atoms with Crippen molar-refractivity contribution < 1.29 is 0 Å². The average molecular weight is 509 g/mol. The highest BCUT2D eigenvalue weighted by Gasteiger charge is 2.40. The minimum atomic E-state index is 0.310. The number of nitrogens with zero attached hydrogens (tertiary/aromatic N) is 5. The number of anilines is 2. The second kappa shape index (κ2) is 8.56. The molecule has 0 atom stereocenters. The number of rotatable bonds is 3. The van der Waals surface area contributed by atoms with Crippen LogP contribution in [0.15, 0.2) is 58.7 Å². The van der Waals surface area contributed by atoms with Crippen LogP contribution >= 0.6 is 35.0 Å². The molecule has 172 valence electrons. The number of halogens is 2. The first-order valence-corrected chi connectivity index (χ1v) is 12.8. The lowest BCUT2D eigenvalue weighted by molar-refractivity contribution is 0.232. The Hall–Kier alpha value is -2.61. The zero-order chi connectivity index (χ0) is 23.3. The van der Waals surface area contributed by atoms with Crippen LogP contribution in [0, 0.1) is 5.41 Å². The lowest BCUT2D eigenvalue weighted by Crippen LogP contribution is -2.41. The summed E-state index contributed by atoms with van der Waals surface area (Å²) in [6.07, 6.45) is 7.93. The van der Waals surface area contributed by atoms with Crippen molar-refractivity contribution in [2.24, 2.45) is 5.41 Å². The first kappa shape index (κ1) is 21.9. The number of nitrogen functional groups attached to an aromatic ring is 1. The first-order valence-electron chi connectivity index (χ1n) is 11.2. The topological polar surface area (TPSA) is 80.8 Å². The standard InChI is InChI=1S/C25H22Cl2N6S/c26-17-3-1-2-15-12-25(13-16(15)17)7-10-33(11-8-25)20-14-30-24-18(31-20)4-5-21(32-24)34-19-6-9-29-23(28)22(19)27/h1-6,9,14H,7-8,10-13H2,(H2,28,29). The molecule has 0 bridgehead atoms. The molecule has 1 saturated heterocycles. The Morgan fingerprint density at radius 1 is 0.971 bits per heavy atom. The second-order valence-electron chi connectivity index (χ2n) is 9.05. The maximum Gasteiger partial charge on any atom is 0.179 e. The predicted octanol–water partition coefficient (Wildman–Crippen LogP) is 5.85. The van der Waals surface area contributed by atoms with Crippen molar-refractivity contribution in [2.45, 2.75) is 35.6 Å². The van der Waals surface area contributed by atoms with Crippen LogP contribution in [0.2, 0.25) is 10.0 Å².